The maximum atomic E-state index is 12.3. The standard InChI is InChI=1S/C25H30N4O2/c1-25(2,3)24(31)26-15-14-22(30)27-16-21-18-29(17-19-10-6-4-7-11-19)28-23(21)20-12-8-5-9-13-20/h4-13,18H,14-17H2,1-3H3,(H,26,31)(H,27,30). The number of nitrogens with zero attached hydrogens (tertiary/aromatic N) is 2. The van der Waals surface area contributed by atoms with Crippen molar-refractivity contribution in [3.05, 3.63) is 78.0 Å². The van der Waals surface area contributed by atoms with E-state index >= 15 is 0 Å². The molecule has 2 aromatic carbocycles. The number of benzene rings is 2. The van der Waals surface area contributed by atoms with Crippen molar-refractivity contribution in [1.29, 1.82) is 0 Å². The normalized spacial score (nSPS) is 11.2. The molecule has 0 saturated heterocycles. The monoisotopic (exact) mass is 418 g/mol. The molecule has 0 fully saturated rings. The predicted molar refractivity (Wildman–Crippen MR) is 122 cm³/mol. The number of carbonyl (C=O) groups excluding carboxylic acids is 2. The van der Waals surface area contributed by atoms with Gasteiger partial charge in [-0.1, -0.05) is 81.4 Å². The van der Waals surface area contributed by atoms with E-state index in [9.17, 15) is 9.59 Å². The molecule has 0 bridgehead atoms. The van der Waals surface area contributed by atoms with E-state index in [1.54, 1.807) is 0 Å². The van der Waals surface area contributed by atoms with Gasteiger partial charge in [0.1, 0.15) is 0 Å². The molecule has 3 aromatic rings. The molecule has 1 aromatic heterocycles. The van der Waals surface area contributed by atoms with Crippen LogP contribution in [0.25, 0.3) is 11.3 Å². The Morgan fingerprint density at radius 1 is 0.935 bits per heavy atom. The first-order chi connectivity index (χ1) is 14.8. The molecule has 6 heteroatoms. The fourth-order valence-corrected chi connectivity index (χ4v) is 3.12. The highest BCUT2D eigenvalue weighted by atomic mass is 16.2. The summed E-state index contributed by atoms with van der Waals surface area (Å²) in [6, 6.07) is 20.1. The molecule has 2 N–H and O–H groups in total. The molecule has 162 valence electrons. The van der Waals surface area contributed by atoms with Gasteiger partial charge in [-0.3, -0.25) is 14.3 Å². The van der Waals surface area contributed by atoms with Crippen LogP contribution < -0.4 is 10.6 Å². The molecule has 2 amide bonds. The molecule has 0 radical (unpaired) electrons. The summed E-state index contributed by atoms with van der Waals surface area (Å²) < 4.78 is 1.91. The van der Waals surface area contributed by atoms with Crippen molar-refractivity contribution < 1.29 is 9.59 Å². The van der Waals surface area contributed by atoms with Crippen molar-refractivity contribution in [2.24, 2.45) is 5.41 Å². The Kier molecular flexibility index (Phi) is 7.23. The number of rotatable bonds is 8. The van der Waals surface area contributed by atoms with Crippen LogP contribution >= 0.6 is 0 Å². The molecular formula is C25H30N4O2. The summed E-state index contributed by atoms with van der Waals surface area (Å²) in [6.45, 7) is 6.90. The van der Waals surface area contributed by atoms with Crippen molar-refractivity contribution in [2.45, 2.75) is 40.3 Å². The molecule has 0 spiro atoms. The Hall–Kier alpha value is -3.41. The van der Waals surface area contributed by atoms with Crippen LogP contribution in [-0.4, -0.2) is 28.1 Å². The lowest BCUT2D eigenvalue weighted by molar-refractivity contribution is -0.128. The van der Waals surface area contributed by atoms with E-state index < -0.39 is 5.41 Å². The van der Waals surface area contributed by atoms with E-state index in [1.165, 1.54) is 0 Å². The van der Waals surface area contributed by atoms with Crippen LogP contribution in [0.4, 0.5) is 0 Å². The van der Waals surface area contributed by atoms with E-state index in [4.69, 9.17) is 5.10 Å². The smallest absolute Gasteiger partial charge is 0.225 e. The van der Waals surface area contributed by atoms with Gasteiger partial charge in [-0.2, -0.15) is 5.10 Å². The Bertz CT molecular complexity index is 1010. The summed E-state index contributed by atoms with van der Waals surface area (Å²) >= 11 is 0. The number of hydrogen-bond acceptors (Lipinski definition) is 3. The van der Waals surface area contributed by atoms with E-state index in [-0.39, 0.29) is 18.2 Å². The molecule has 0 aliphatic heterocycles. The van der Waals surface area contributed by atoms with E-state index in [0.29, 0.717) is 19.6 Å². The summed E-state index contributed by atoms with van der Waals surface area (Å²) in [6.07, 6.45) is 2.22. The highest BCUT2D eigenvalue weighted by molar-refractivity contribution is 5.82. The molecule has 0 aliphatic carbocycles. The summed E-state index contributed by atoms with van der Waals surface area (Å²) in [4.78, 5) is 24.2. The molecule has 3 rings (SSSR count). The fraction of sp³-hybridized carbons (Fsp3) is 0.320. The number of aromatic nitrogens is 2. The van der Waals surface area contributed by atoms with Gasteiger partial charge in [0.25, 0.3) is 0 Å². The number of nitrogens with one attached hydrogen (secondary N) is 2. The summed E-state index contributed by atoms with van der Waals surface area (Å²) in [5.74, 6) is -0.169. The molecule has 0 saturated carbocycles. The summed E-state index contributed by atoms with van der Waals surface area (Å²) in [5.41, 5.74) is 3.52. The Morgan fingerprint density at radius 3 is 2.23 bits per heavy atom. The summed E-state index contributed by atoms with van der Waals surface area (Å²) in [5, 5.41) is 10.5. The first kappa shape index (κ1) is 22.3. The maximum absolute atomic E-state index is 12.3. The third kappa shape index (κ3) is 6.54. The lowest BCUT2D eigenvalue weighted by atomic mass is 9.96. The van der Waals surface area contributed by atoms with Crippen molar-refractivity contribution in [3.63, 3.8) is 0 Å². The van der Waals surface area contributed by atoms with Crippen LogP contribution in [-0.2, 0) is 22.7 Å². The second kappa shape index (κ2) is 10.1. The predicted octanol–water partition coefficient (Wildman–Crippen LogP) is 3.77. The second-order valence-electron chi connectivity index (χ2n) is 8.58. The molecule has 1 heterocycles. The van der Waals surface area contributed by atoms with Crippen LogP contribution in [0.2, 0.25) is 0 Å². The largest absolute Gasteiger partial charge is 0.355 e. The quantitative estimate of drug-likeness (QED) is 0.585. The van der Waals surface area contributed by atoms with E-state index in [0.717, 1.165) is 22.4 Å². The average Bonchev–Trinajstić information content (AvgIpc) is 3.15. The number of hydrogen-bond donors (Lipinski definition) is 2. The minimum atomic E-state index is -0.464. The van der Waals surface area contributed by atoms with Crippen LogP contribution in [0.5, 0.6) is 0 Å². The van der Waals surface area contributed by atoms with Crippen molar-refractivity contribution in [3.8, 4) is 11.3 Å². The summed E-state index contributed by atoms with van der Waals surface area (Å²) in [7, 11) is 0. The number of amides is 2. The van der Waals surface area contributed by atoms with Gasteiger partial charge in [-0.15, -0.1) is 0 Å². The molecule has 31 heavy (non-hydrogen) atoms. The fourth-order valence-electron chi connectivity index (χ4n) is 3.12. The Morgan fingerprint density at radius 2 is 1.58 bits per heavy atom. The first-order valence-electron chi connectivity index (χ1n) is 10.5. The van der Waals surface area contributed by atoms with Gasteiger partial charge in [0.2, 0.25) is 11.8 Å². The first-order valence-corrected chi connectivity index (χ1v) is 10.5. The highest BCUT2D eigenvalue weighted by Crippen LogP contribution is 2.22. The van der Waals surface area contributed by atoms with Gasteiger partial charge in [0.15, 0.2) is 0 Å². The molecule has 6 nitrogen and oxygen atoms in total. The van der Waals surface area contributed by atoms with Gasteiger partial charge >= 0.3 is 0 Å². The Labute approximate surface area is 183 Å². The molecule has 0 unspecified atom stereocenters. The lowest BCUT2D eigenvalue weighted by Gasteiger charge is -2.17. The third-order valence-corrected chi connectivity index (χ3v) is 4.87. The zero-order valence-electron chi connectivity index (χ0n) is 18.4. The number of carbonyl (C=O) groups is 2. The maximum Gasteiger partial charge on any atom is 0.225 e. The van der Waals surface area contributed by atoms with Gasteiger partial charge in [0.05, 0.1) is 12.2 Å². The average molecular weight is 419 g/mol. The SMILES string of the molecule is CC(C)(C)C(=O)NCCC(=O)NCc1cn(Cc2ccccc2)nc1-c1ccccc1. The zero-order valence-corrected chi connectivity index (χ0v) is 18.4. The van der Waals surface area contributed by atoms with Gasteiger partial charge in [-0.05, 0) is 5.56 Å². The Balaban J connectivity index is 1.65. The van der Waals surface area contributed by atoms with Crippen molar-refractivity contribution in [2.75, 3.05) is 6.54 Å². The van der Waals surface area contributed by atoms with Crippen molar-refractivity contribution >= 4 is 11.8 Å². The van der Waals surface area contributed by atoms with Crippen LogP contribution in [0.1, 0.15) is 38.3 Å². The van der Waals surface area contributed by atoms with Crippen LogP contribution in [0, 0.1) is 5.41 Å². The van der Waals surface area contributed by atoms with E-state index in [2.05, 4.69) is 22.8 Å². The molecular weight excluding hydrogens is 388 g/mol. The third-order valence-electron chi connectivity index (χ3n) is 4.87. The topological polar surface area (TPSA) is 76.0 Å². The van der Waals surface area contributed by atoms with Gasteiger partial charge < -0.3 is 10.6 Å². The van der Waals surface area contributed by atoms with E-state index in [1.807, 2.05) is 80.2 Å². The minimum Gasteiger partial charge on any atom is -0.355 e. The highest BCUT2D eigenvalue weighted by Gasteiger charge is 2.20. The minimum absolute atomic E-state index is 0.0612. The molecule has 0 aliphatic rings. The zero-order chi connectivity index (χ0) is 22.3. The van der Waals surface area contributed by atoms with Crippen LogP contribution in [0.3, 0.4) is 0 Å². The lowest BCUT2D eigenvalue weighted by Crippen LogP contribution is -2.37. The second-order valence-corrected chi connectivity index (χ2v) is 8.58. The van der Waals surface area contributed by atoms with Gasteiger partial charge in [-0.25, -0.2) is 0 Å². The van der Waals surface area contributed by atoms with Gasteiger partial charge in [0, 0.05) is 42.2 Å². The van der Waals surface area contributed by atoms with Crippen LogP contribution in [0.15, 0.2) is 66.9 Å². The van der Waals surface area contributed by atoms with Crippen molar-refractivity contribution in [1.82, 2.24) is 20.4 Å². The molecule has 0 atom stereocenters.